The van der Waals surface area contributed by atoms with Gasteiger partial charge in [-0.15, -0.1) is 10.2 Å². The van der Waals surface area contributed by atoms with Crippen molar-refractivity contribution < 1.29 is 22.8 Å². The van der Waals surface area contributed by atoms with E-state index in [1.807, 2.05) is 4.90 Å². The van der Waals surface area contributed by atoms with Crippen LogP contribution in [0.25, 0.3) is 0 Å². The van der Waals surface area contributed by atoms with Crippen LogP contribution in [0.15, 0.2) is 6.20 Å². The molecular weight excluding hydrogens is 535 g/mol. The average molecular weight is 566 g/mol. The normalized spacial score (nSPS) is 23.5. The van der Waals surface area contributed by atoms with Crippen molar-refractivity contribution in [3.05, 3.63) is 34.1 Å². The maximum absolute atomic E-state index is 13.5. The summed E-state index contributed by atoms with van der Waals surface area (Å²) in [5.74, 6) is 0.531. The van der Waals surface area contributed by atoms with E-state index in [9.17, 15) is 22.8 Å². The Morgan fingerprint density at radius 3 is 2.51 bits per heavy atom. The predicted octanol–water partition coefficient (Wildman–Crippen LogP) is 3.23. The van der Waals surface area contributed by atoms with E-state index in [2.05, 4.69) is 27.0 Å². The van der Waals surface area contributed by atoms with Crippen molar-refractivity contribution in [2.45, 2.75) is 64.8 Å². The lowest BCUT2D eigenvalue weighted by Gasteiger charge is -2.42. The van der Waals surface area contributed by atoms with Crippen LogP contribution in [0.4, 0.5) is 18.9 Å². The first-order valence-corrected chi connectivity index (χ1v) is 13.9. The molecule has 2 atom stereocenters. The van der Waals surface area contributed by atoms with Crippen LogP contribution in [0.5, 0.6) is 0 Å². The zero-order chi connectivity index (χ0) is 27.5. The number of aromatic nitrogens is 4. The molecule has 9 nitrogen and oxygen atoms in total. The molecule has 1 aliphatic carbocycles. The molecule has 13 heteroatoms. The Kier molecular flexibility index (Phi) is 6.71. The van der Waals surface area contributed by atoms with Gasteiger partial charge >= 0.3 is 6.18 Å². The van der Waals surface area contributed by atoms with Gasteiger partial charge in [0.25, 0.3) is 0 Å². The van der Waals surface area contributed by atoms with E-state index >= 15 is 0 Å². The fraction of sp³-hybridized carbons (Fsp3) is 0.654. The van der Waals surface area contributed by atoms with Crippen molar-refractivity contribution in [2.75, 3.05) is 31.1 Å². The fourth-order valence-electron chi connectivity index (χ4n) is 6.24. The Labute approximate surface area is 229 Å². The molecule has 6 rings (SSSR count). The molecule has 0 radical (unpaired) electrons. The van der Waals surface area contributed by atoms with Crippen LogP contribution in [0, 0.1) is 17.8 Å². The number of nitrogens with zero attached hydrogens (tertiary/aromatic N) is 7. The number of amides is 2. The largest absolute Gasteiger partial charge is 0.396 e. The number of piperidine rings is 1. The lowest BCUT2D eigenvalue weighted by Crippen LogP contribution is -2.49. The second-order valence-electron chi connectivity index (χ2n) is 11.2. The van der Waals surface area contributed by atoms with Gasteiger partial charge in [-0.3, -0.25) is 14.6 Å². The highest BCUT2D eigenvalue weighted by Crippen LogP contribution is 2.39. The Morgan fingerprint density at radius 1 is 1.03 bits per heavy atom. The molecule has 2 aromatic heterocycles. The molecule has 2 aromatic rings. The van der Waals surface area contributed by atoms with Gasteiger partial charge in [-0.05, 0) is 31.6 Å². The predicted molar refractivity (Wildman–Crippen MR) is 136 cm³/mol. The van der Waals surface area contributed by atoms with E-state index in [-0.39, 0.29) is 48.5 Å². The standard InChI is InChI=1S/C26H31ClF3N7O2/c1-15-12-34(23-18-5-7-35(24(38)16-2-3-16)13-20(18)31-11-19(23)27)6-4-17(15)25(39)36-8-9-37-21(10-26(28,29)30)32-33-22(37)14-36/h11,15-17H,2-10,12-14H2,1H3/t15-,17+/m1/s1. The van der Waals surface area contributed by atoms with Crippen LogP contribution in [-0.4, -0.2) is 73.7 Å². The first-order valence-electron chi connectivity index (χ1n) is 13.6. The summed E-state index contributed by atoms with van der Waals surface area (Å²) in [6.07, 6.45) is -0.520. The quantitative estimate of drug-likeness (QED) is 0.566. The van der Waals surface area contributed by atoms with Gasteiger partial charge in [0.2, 0.25) is 11.8 Å². The first-order chi connectivity index (χ1) is 18.6. The number of fused-ring (bicyclic) bond motifs is 2. The maximum Gasteiger partial charge on any atom is 0.396 e. The third kappa shape index (κ3) is 5.19. The SMILES string of the molecule is C[C@@H]1CN(c2c(Cl)cnc3c2CCN(C(=O)C2CC2)C3)CC[C@@H]1C(=O)N1CCn2c(nnc2CC(F)(F)F)C1. The molecule has 2 fully saturated rings. The topological polar surface area (TPSA) is 87.5 Å². The van der Waals surface area contributed by atoms with E-state index in [1.165, 1.54) is 4.57 Å². The zero-order valence-corrected chi connectivity index (χ0v) is 22.5. The van der Waals surface area contributed by atoms with Crippen LogP contribution >= 0.6 is 11.6 Å². The van der Waals surface area contributed by atoms with Crippen LogP contribution < -0.4 is 4.90 Å². The minimum absolute atomic E-state index is 0.00542. The van der Waals surface area contributed by atoms with Gasteiger partial charge in [-0.25, -0.2) is 0 Å². The molecule has 0 bridgehead atoms. The molecule has 39 heavy (non-hydrogen) atoms. The minimum atomic E-state index is -4.36. The van der Waals surface area contributed by atoms with Gasteiger partial charge in [0.05, 0.1) is 29.5 Å². The number of pyridine rings is 1. The second-order valence-corrected chi connectivity index (χ2v) is 11.6. The number of rotatable bonds is 4. The first kappa shape index (κ1) is 26.3. The van der Waals surface area contributed by atoms with Crippen LogP contribution in [0.3, 0.4) is 0 Å². The third-order valence-corrected chi connectivity index (χ3v) is 8.72. The smallest absolute Gasteiger partial charge is 0.370 e. The molecule has 210 valence electrons. The highest BCUT2D eigenvalue weighted by Gasteiger charge is 2.39. The number of anilines is 1. The molecule has 0 N–H and O–H groups in total. The zero-order valence-electron chi connectivity index (χ0n) is 21.8. The van der Waals surface area contributed by atoms with Gasteiger partial charge in [-0.1, -0.05) is 18.5 Å². The van der Waals surface area contributed by atoms with Gasteiger partial charge in [0.1, 0.15) is 12.2 Å². The summed E-state index contributed by atoms with van der Waals surface area (Å²) < 4.78 is 40.0. The van der Waals surface area contributed by atoms with Gasteiger partial charge < -0.3 is 19.3 Å². The molecule has 0 spiro atoms. The summed E-state index contributed by atoms with van der Waals surface area (Å²) in [6.45, 7) is 5.28. The van der Waals surface area contributed by atoms with Crippen LogP contribution in [0.2, 0.25) is 5.02 Å². The highest BCUT2D eigenvalue weighted by molar-refractivity contribution is 6.33. The second kappa shape index (κ2) is 9.94. The van der Waals surface area contributed by atoms with Crippen LogP contribution in [0.1, 0.15) is 49.1 Å². The van der Waals surface area contributed by atoms with E-state index < -0.39 is 12.6 Å². The average Bonchev–Trinajstić information content (AvgIpc) is 3.68. The molecule has 2 amide bonds. The lowest BCUT2D eigenvalue weighted by atomic mass is 9.85. The number of carbonyl (C=O) groups excluding carboxylic acids is 2. The molecule has 5 heterocycles. The Bertz CT molecular complexity index is 1300. The Morgan fingerprint density at radius 2 is 1.79 bits per heavy atom. The van der Waals surface area contributed by atoms with E-state index in [1.54, 1.807) is 11.1 Å². The molecular formula is C26H31ClF3N7O2. The summed E-state index contributed by atoms with van der Waals surface area (Å²) in [5.41, 5.74) is 2.94. The molecule has 0 aromatic carbocycles. The molecule has 0 unspecified atom stereocenters. The number of alkyl halides is 3. The van der Waals surface area contributed by atoms with Crippen molar-refractivity contribution >= 4 is 29.1 Å². The van der Waals surface area contributed by atoms with Crippen molar-refractivity contribution in [2.24, 2.45) is 17.8 Å². The third-order valence-electron chi connectivity index (χ3n) is 8.44. The van der Waals surface area contributed by atoms with E-state index in [0.29, 0.717) is 56.4 Å². The fourth-order valence-corrected chi connectivity index (χ4v) is 6.53. The monoisotopic (exact) mass is 565 g/mol. The Balaban J connectivity index is 1.12. The van der Waals surface area contributed by atoms with Crippen LogP contribution in [-0.2, 0) is 42.1 Å². The van der Waals surface area contributed by atoms with E-state index in [0.717, 1.165) is 29.8 Å². The molecule has 1 saturated heterocycles. The molecule has 3 aliphatic heterocycles. The van der Waals surface area contributed by atoms with Crippen molar-refractivity contribution in [1.82, 2.24) is 29.5 Å². The van der Waals surface area contributed by atoms with Gasteiger partial charge in [0, 0.05) is 56.3 Å². The summed E-state index contributed by atoms with van der Waals surface area (Å²) in [6, 6.07) is 0. The summed E-state index contributed by atoms with van der Waals surface area (Å²) in [4.78, 5) is 36.5. The van der Waals surface area contributed by atoms with Gasteiger partial charge in [0.15, 0.2) is 5.82 Å². The summed E-state index contributed by atoms with van der Waals surface area (Å²) in [7, 11) is 0. The van der Waals surface area contributed by atoms with E-state index in [4.69, 9.17) is 11.6 Å². The molecule has 4 aliphatic rings. The number of halogens is 4. The molecule has 1 saturated carbocycles. The highest BCUT2D eigenvalue weighted by atomic mass is 35.5. The Hall–Kier alpha value is -2.89. The van der Waals surface area contributed by atoms with Crippen molar-refractivity contribution in [3.63, 3.8) is 0 Å². The lowest BCUT2D eigenvalue weighted by molar-refractivity contribution is -0.139. The number of hydrogen-bond donors (Lipinski definition) is 0. The summed E-state index contributed by atoms with van der Waals surface area (Å²) >= 11 is 6.67. The summed E-state index contributed by atoms with van der Waals surface area (Å²) in [5, 5.41) is 8.24. The minimum Gasteiger partial charge on any atom is -0.370 e. The van der Waals surface area contributed by atoms with Gasteiger partial charge in [-0.2, -0.15) is 13.2 Å². The number of carbonyl (C=O) groups is 2. The number of hydrogen-bond acceptors (Lipinski definition) is 6. The van der Waals surface area contributed by atoms with Crippen molar-refractivity contribution in [1.29, 1.82) is 0 Å². The maximum atomic E-state index is 13.5. The van der Waals surface area contributed by atoms with Crippen molar-refractivity contribution in [3.8, 4) is 0 Å².